The van der Waals surface area contributed by atoms with E-state index in [9.17, 15) is 13.9 Å². The van der Waals surface area contributed by atoms with Crippen molar-refractivity contribution < 1.29 is 18.6 Å². The second-order valence-corrected chi connectivity index (χ2v) is 9.95. The number of fused-ring (bicyclic) bond motifs is 1. The second-order valence-electron chi connectivity index (χ2n) is 8.16. The van der Waals surface area contributed by atoms with Crippen molar-refractivity contribution in [1.82, 2.24) is 23.8 Å². The van der Waals surface area contributed by atoms with Crippen LogP contribution in [0.1, 0.15) is 49.8 Å². The smallest absolute Gasteiger partial charge is 0.338 e. The molecule has 1 saturated heterocycles. The number of aryl methyl sites for hydroxylation is 1. The summed E-state index contributed by atoms with van der Waals surface area (Å²) in [6.07, 6.45) is 4.94. The van der Waals surface area contributed by atoms with Crippen LogP contribution in [0.15, 0.2) is 36.8 Å². The minimum absolute atomic E-state index is 0.239. The first kappa shape index (κ1) is 21.6. The van der Waals surface area contributed by atoms with E-state index in [1.54, 1.807) is 33.5 Å². The molecular formula is C22H22N6O4S. The molecule has 11 heteroatoms. The Morgan fingerprint density at radius 1 is 1.33 bits per heavy atom. The van der Waals surface area contributed by atoms with E-state index in [1.807, 2.05) is 19.9 Å². The van der Waals surface area contributed by atoms with Crippen LogP contribution < -0.4 is 4.72 Å². The molecule has 170 valence electrons. The lowest BCUT2D eigenvalue weighted by atomic mass is 9.94. The number of nitrogens with zero attached hydrogens (tertiary/aromatic N) is 5. The molecule has 1 fully saturated rings. The summed E-state index contributed by atoms with van der Waals surface area (Å²) in [5.41, 5.74) is 5.33. The Morgan fingerprint density at radius 2 is 2.15 bits per heavy atom. The SMILES string of the molecule is Cc1cc(-n2cc(CN3CC(c4ccc5c(c4C)COC5=O)NS3(O)O)cn2)ncc1C#N. The zero-order valence-electron chi connectivity index (χ0n) is 18.0. The molecule has 2 aliphatic rings. The highest BCUT2D eigenvalue weighted by Gasteiger charge is 2.38. The van der Waals surface area contributed by atoms with E-state index >= 15 is 0 Å². The van der Waals surface area contributed by atoms with Gasteiger partial charge in [0.2, 0.25) is 0 Å². The number of carbonyl (C=O) groups excluding carboxylic acids is 1. The standard InChI is InChI=1S/C22H22N6O4S/c1-13-5-21(24-8-16(13)6-23)28-10-15(7-25-28)9-27-11-20(26-33(27,30)31)17-3-4-18-19(14(17)2)12-32-22(18)29/h3-5,7-8,10,20,26,30-31H,9,11-12H2,1-2H3. The fourth-order valence-corrected chi connectivity index (χ4v) is 5.64. The summed E-state index contributed by atoms with van der Waals surface area (Å²) in [5, 5.41) is 13.4. The number of nitrogens with one attached hydrogen (secondary N) is 1. The van der Waals surface area contributed by atoms with Crippen LogP contribution in [0.5, 0.6) is 0 Å². The van der Waals surface area contributed by atoms with Gasteiger partial charge in [0.25, 0.3) is 0 Å². The molecule has 0 radical (unpaired) electrons. The molecule has 0 aliphatic carbocycles. The van der Waals surface area contributed by atoms with E-state index in [0.717, 1.165) is 27.8 Å². The lowest BCUT2D eigenvalue weighted by molar-refractivity contribution is 0.0535. The van der Waals surface area contributed by atoms with Gasteiger partial charge in [-0.2, -0.15) is 19.4 Å². The van der Waals surface area contributed by atoms with Crippen molar-refractivity contribution in [3.05, 3.63) is 75.7 Å². The molecule has 0 bridgehead atoms. The molecule has 5 rings (SSSR count). The van der Waals surface area contributed by atoms with Crippen molar-refractivity contribution in [3.63, 3.8) is 0 Å². The molecule has 2 aliphatic heterocycles. The number of rotatable bonds is 4. The van der Waals surface area contributed by atoms with E-state index in [2.05, 4.69) is 20.9 Å². The predicted molar refractivity (Wildman–Crippen MR) is 120 cm³/mol. The van der Waals surface area contributed by atoms with Crippen LogP contribution >= 0.6 is 11.0 Å². The maximum absolute atomic E-state index is 11.8. The van der Waals surface area contributed by atoms with Gasteiger partial charge in [-0.3, -0.25) is 9.11 Å². The quantitative estimate of drug-likeness (QED) is 0.495. The van der Waals surface area contributed by atoms with Gasteiger partial charge in [0.05, 0.1) is 23.4 Å². The lowest BCUT2D eigenvalue weighted by Crippen LogP contribution is -2.25. The molecule has 1 atom stereocenters. The number of nitriles is 1. The number of carbonyl (C=O) groups is 1. The first-order valence-corrected chi connectivity index (χ1v) is 11.8. The molecule has 1 unspecified atom stereocenters. The van der Waals surface area contributed by atoms with Crippen LogP contribution in [0.4, 0.5) is 0 Å². The van der Waals surface area contributed by atoms with Gasteiger partial charge < -0.3 is 4.74 Å². The maximum atomic E-state index is 11.8. The fraction of sp³-hybridized carbons (Fsp3) is 0.273. The molecule has 4 heterocycles. The van der Waals surface area contributed by atoms with Crippen LogP contribution in [0.3, 0.4) is 0 Å². The number of aromatic nitrogens is 3. The summed E-state index contributed by atoms with van der Waals surface area (Å²) < 4.78 is 32.6. The van der Waals surface area contributed by atoms with Crippen LogP contribution in [0.25, 0.3) is 5.82 Å². The Hall–Kier alpha value is -3.27. The van der Waals surface area contributed by atoms with E-state index in [1.165, 1.54) is 6.20 Å². The minimum atomic E-state index is -3.20. The van der Waals surface area contributed by atoms with E-state index in [0.29, 0.717) is 23.5 Å². The number of hydrogen-bond donors (Lipinski definition) is 3. The number of ether oxygens (including phenoxy) is 1. The third-order valence-corrected chi connectivity index (χ3v) is 7.68. The molecule has 3 aromatic rings. The van der Waals surface area contributed by atoms with Gasteiger partial charge in [0.1, 0.15) is 12.7 Å². The van der Waals surface area contributed by atoms with Crippen molar-refractivity contribution >= 4 is 16.9 Å². The van der Waals surface area contributed by atoms with Crippen molar-refractivity contribution in [2.24, 2.45) is 0 Å². The highest BCUT2D eigenvalue weighted by Crippen LogP contribution is 2.49. The van der Waals surface area contributed by atoms with Gasteiger partial charge in [-0.25, -0.2) is 14.5 Å². The molecule has 1 aromatic carbocycles. The average molecular weight is 467 g/mol. The number of benzene rings is 1. The predicted octanol–water partition coefficient (Wildman–Crippen LogP) is 3.15. The van der Waals surface area contributed by atoms with Gasteiger partial charge in [0, 0.05) is 36.6 Å². The number of hydrogen-bond acceptors (Lipinski definition) is 9. The van der Waals surface area contributed by atoms with Gasteiger partial charge >= 0.3 is 5.97 Å². The monoisotopic (exact) mass is 466 g/mol. The summed E-state index contributed by atoms with van der Waals surface area (Å²) >= 11 is 0. The molecule has 2 aromatic heterocycles. The molecule has 0 saturated carbocycles. The number of cyclic esters (lactones) is 1. The normalized spacial score (nSPS) is 20.3. The third kappa shape index (κ3) is 3.78. The molecule has 0 amide bonds. The Bertz CT molecular complexity index is 1310. The Kier molecular flexibility index (Phi) is 5.19. The lowest BCUT2D eigenvalue weighted by Gasteiger charge is -2.35. The highest BCUT2D eigenvalue weighted by molar-refractivity contribution is 8.20. The van der Waals surface area contributed by atoms with Crippen molar-refractivity contribution in [2.45, 2.75) is 33.0 Å². The van der Waals surface area contributed by atoms with Crippen molar-refractivity contribution in [2.75, 3.05) is 6.54 Å². The van der Waals surface area contributed by atoms with Crippen LogP contribution in [-0.4, -0.2) is 40.7 Å². The third-order valence-electron chi connectivity index (χ3n) is 6.08. The fourth-order valence-electron chi connectivity index (χ4n) is 4.23. The minimum Gasteiger partial charge on any atom is -0.457 e. The summed E-state index contributed by atoms with van der Waals surface area (Å²) in [5.74, 6) is 0.251. The largest absolute Gasteiger partial charge is 0.457 e. The number of esters is 1. The molecule has 10 nitrogen and oxygen atoms in total. The van der Waals surface area contributed by atoms with Gasteiger partial charge in [-0.1, -0.05) is 17.0 Å². The second kappa shape index (κ2) is 7.95. The summed E-state index contributed by atoms with van der Waals surface area (Å²) in [4.78, 5) is 16.1. The van der Waals surface area contributed by atoms with Gasteiger partial charge in [0.15, 0.2) is 5.82 Å². The van der Waals surface area contributed by atoms with Gasteiger partial charge in [-0.05, 0) is 42.7 Å². The van der Waals surface area contributed by atoms with Crippen molar-refractivity contribution in [3.8, 4) is 11.9 Å². The van der Waals surface area contributed by atoms with Crippen LogP contribution in [-0.2, 0) is 17.9 Å². The van der Waals surface area contributed by atoms with Gasteiger partial charge in [-0.15, -0.1) is 0 Å². The Labute approximate surface area is 192 Å². The first-order chi connectivity index (χ1) is 15.8. The maximum Gasteiger partial charge on any atom is 0.338 e. The zero-order valence-corrected chi connectivity index (χ0v) is 18.8. The van der Waals surface area contributed by atoms with Crippen LogP contribution in [0.2, 0.25) is 0 Å². The molecule has 3 N–H and O–H groups in total. The Morgan fingerprint density at radius 3 is 2.91 bits per heavy atom. The zero-order chi connectivity index (χ0) is 23.3. The average Bonchev–Trinajstić information content (AvgIpc) is 3.47. The highest BCUT2D eigenvalue weighted by atomic mass is 32.3. The van der Waals surface area contributed by atoms with E-state index in [4.69, 9.17) is 10.00 Å². The van der Waals surface area contributed by atoms with Crippen molar-refractivity contribution in [1.29, 1.82) is 5.26 Å². The molecular weight excluding hydrogens is 444 g/mol. The first-order valence-electron chi connectivity index (χ1n) is 10.3. The van der Waals surface area contributed by atoms with Crippen LogP contribution in [0, 0.1) is 25.2 Å². The summed E-state index contributed by atoms with van der Waals surface area (Å²) in [7, 11) is -3.20. The van der Waals surface area contributed by atoms with E-state index < -0.39 is 11.0 Å². The molecule has 33 heavy (non-hydrogen) atoms. The summed E-state index contributed by atoms with van der Waals surface area (Å²) in [6.45, 7) is 4.64. The Balaban J connectivity index is 1.35. The number of pyridine rings is 1. The molecule has 0 spiro atoms. The summed E-state index contributed by atoms with van der Waals surface area (Å²) in [6, 6.07) is 7.14. The topological polar surface area (TPSA) is 137 Å². The van der Waals surface area contributed by atoms with E-state index in [-0.39, 0.29) is 25.2 Å².